The van der Waals surface area contributed by atoms with E-state index in [4.69, 9.17) is 0 Å². The van der Waals surface area contributed by atoms with E-state index in [2.05, 4.69) is 55.0 Å². The van der Waals surface area contributed by atoms with E-state index >= 15 is 0 Å². The molecule has 0 amide bonds. The van der Waals surface area contributed by atoms with Gasteiger partial charge in [0, 0.05) is 5.41 Å². The number of aliphatic hydroxyl groups excluding tert-OH is 3. The molecule has 3 N–H and O–H groups in total. The highest BCUT2D eigenvalue weighted by molar-refractivity contribution is 5.40. The summed E-state index contributed by atoms with van der Waals surface area (Å²) in [4.78, 5) is 0. The van der Waals surface area contributed by atoms with Crippen molar-refractivity contribution in [3.05, 3.63) is 23.3 Å². The van der Waals surface area contributed by atoms with E-state index in [1.54, 1.807) is 5.57 Å². The molecule has 188 valence electrons. The van der Waals surface area contributed by atoms with E-state index in [9.17, 15) is 15.3 Å². The van der Waals surface area contributed by atoms with Crippen LogP contribution in [0.25, 0.3) is 0 Å². The Morgan fingerprint density at radius 2 is 1.64 bits per heavy atom. The Kier molecular flexibility index (Phi) is 6.33. The Labute approximate surface area is 202 Å². The molecule has 4 aliphatic carbocycles. The Morgan fingerprint density at radius 3 is 2.27 bits per heavy atom. The summed E-state index contributed by atoms with van der Waals surface area (Å²) >= 11 is 0. The van der Waals surface area contributed by atoms with Crippen LogP contribution in [0.5, 0.6) is 0 Å². The van der Waals surface area contributed by atoms with Crippen molar-refractivity contribution in [2.24, 2.45) is 39.4 Å². The van der Waals surface area contributed by atoms with Crippen molar-refractivity contribution < 1.29 is 15.3 Å². The van der Waals surface area contributed by atoms with Gasteiger partial charge in [-0.2, -0.15) is 0 Å². The molecule has 2 saturated carbocycles. The first kappa shape index (κ1) is 25.5. The summed E-state index contributed by atoms with van der Waals surface area (Å²) in [6, 6.07) is 0. The summed E-state index contributed by atoms with van der Waals surface area (Å²) < 4.78 is 0. The van der Waals surface area contributed by atoms with Gasteiger partial charge < -0.3 is 15.3 Å². The number of hydrogen-bond donors (Lipinski definition) is 3. The van der Waals surface area contributed by atoms with E-state index in [0.29, 0.717) is 18.3 Å². The van der Waals surface area contributed by atoms with Crippen LogP contribution in [-0.4, -0.2) is 33.6 Å². The van der Waals surface area contributed by atoms with Crippen LogP contribution in [0.3, 0.4) is 0 Å². The van der Waals surface area contributed by atoms with E-state index in [0.717, 1.165) is 51.4 Å². The molecule has 8 atom stereocenters. The van der Waals surface area contributed by atoms with E-state index in [1.165, 1.54) is 11.1 Å². The molecule has 0 radical (unpaired) electrons. The molecule has 4 aliphatic rings. The first-order chi connectivity index (χ1) is 15.2. The number of aliphatic hydroxyl groups is 3. The van der Waals surface area contributed by atoms with Crippen LogP contribution in [0, 0.1) is 39.4 Å². The predicted octanol–water partition coefficient (Wildman–Crippen LogP) is 6.42. The molecule has 0 aliphatic heterocycles. The van der Waals surface area contributed by atoms with Gasteiger partial charge in [-0.05, 0) is 91.8 Å². The lowest BCUT2D eigenvalue weighted by Gasteiger charge is -2.62. The number of allylic oxidation sites excluding steroid dienone is 2. The van der Waals surface area contributed by atoms with Crippen molar-refractivity contribution in [1.29, 1.82) is 0 Å². The third-order valence-corrected chi connectivity index (χ3v) is 11.9. The molecule has 0 heterocycles. The molecule has 4 rings (SSSR count). The monoisotopic (exact) mass is 458 g/mol. The van der Waals surface area contributed by atoms with Gasteiger partial charge in [0.05, 0.1) is 18.3 Å². The maximum atomic E-state index is 11.6. The normalized spacial score (nSPS) is 45.4. The second kappa shape index (κ2) is 8.20. The van der Waals surface area contributed by atoms with Crippen molar-refractivity contribution in [3.63, 3.8) is 0 Å². The van der Waals surface area contributed by atoms with E-state index < -0.39 is 6.10 Å². The molecular weight excluding hydrogens is 408 g/mol. The Morgan fingerprint density at radius 1 is 0.970 bits per heavy atom. The van der Waals surface area contributed by atoms with Crippen LogP contribution in [0.1, 0.15) is 106 Å². The smallest absolute Gasteiger partial charge is 0.0640 e. The fourth-order valence-corrected chi connectivity index (χ4v) is 9.16. The summed E-state index contributed by atoms with van der Waals surface area (Å²) in [5.74, 6) is 1.06. The molecule has 0 aromatic heterocycles. The predicted molar refractivity (Wildman–Crippen MR) is 136 cm³/mol. The fourth-order valence-electron chi connectivity index (χ4n) is 9.16. The standard InChI is InChI=1S/C30H50O3/c1-18(2)19(3)9-11-23(31)22-17-26(33)30(8)21-10-12-24-27(4,5)25(32)14-15-28(24,6)20(21)13-16-29(22,30)7/h18,22-26,31-33H,3,9-17H2,1-2,4-8H3/t22-,23-,24+,25+,26+,28-,29-,30-/m1/s1. The Bertz CT molecular complexity index is 824. The minimum Gasteiger partial charge on any atom is -0.393 e. The van der Waals surface area contributed by atoms with Crippen molar-refractivity contribution >= 4 is 0 Å². The lowest BCUT2D eigenvalue weighted by molar-refractivity contribution is -0.101. The molecule has 0 unspecified atom stereocenters. The van der Waals surface area contributed by atoms with Crippen molar-refractivity contribution in [2.75, 3.05) is 0 Å². The summed E-state index contributed by atoms with van der Waals surface area (Å²) in [5, 5.41) is 33.7. The maximum Gasteiger partial charge on any atom is 0.0640 e. The number of fused-ring (bicyclic) bond motifs is 4. The van der Waals surface area contributed by atoms with Crippen LogP contribution >= 0.6 is 0 Å². The minimum atomic E-state index is -0.400. The summed E-state index contributed by atoms with van der Waals surface area (Å²) in [6.45, 7) is 20.2. The quantitative estimate of drug-likeness (QED) is 0.417. The van der Waals surface area contributed by atoms with Gasteiger partial charge in [0.15, 0.2) is 0 Å². The van der Waals surface area contributed by atoms with Gasteiger partial charge in [-0.25, -0.2) is 0 Å². The van der Waals surface area contributed by atoms with Gasteiger partial charge in [0.1, 0.15) is 0 Å². The molecule has 0 spiro atoms. The largest absolute Gasteiger partial charge is 0.393 e. The molecule has 0 saturated heterocycles. The zero-order valence-electron chi connectivity index (χ0n) is 22.4. The zero-order valence-corrected chi connectivity index (χ0v) is 22.4. The van der Waals surface area contributed by atoms with E-state index in [-0.39, 0.29) is 39.8 Å². The minimum absolute atomic E-state index is 0.0704. The second-order valence-electron chi connectivity index (χ2n) is 13.7. The van der Waals surface area contributed by atoms with Gasteiger partial charge in [-0.1, -0.05) is 71.8 Å². The number of hydrogen-bond acceptors (Lipinski definition) is 3. The average Bonchev–Trinajstić information content (AvgIpc) is 2.96. The van der Waals surface area contributed by atoms with Crippen molar-refractivity contribution in [3.8, 4) is 0 Å². The molecule has 2 fully saturated rings. The first-order valence-electron chi connectivity index (χ1n) is 13.7. The zero-order chi connectivity index (χ0) is 24.6. The van der Waals surface area contributed by atoms with Crippen molar-refractivity contribution in [2.45, 2.75) is 125 Å². The first-order valence-corrected chi connectivity index (χ1v) is 13.7. The Hall–Kier alpha value is -0.640. The van der Waals surface area contributed by atoms with Gasteiger partial charge in [0.25, 0.3) is 0 Å². The van der Waals surface area contributed by atoms with Crippen LogP contribution in [0.2, 0.25) is 0 Å². The molecule has 0 bridgehead atoms. The second-order valence-corrected chi connectivity index (χ2v) is 13.7. The summed E-state index contributed by atoms with van der Waals surface area (Å²) in [7, 11) is 0. The molecule has 0 aromatic rings. The van der Waals surface area contributed by atoms with Gasteiger partial charge in [0.2, 0.25) is 0 Å². The Balaban J connectivity index is 1.67. The summed E-state index contributed by atoms with van der Waals surface area (Å²) in [5.41, 5.74) is 4.01. The molecule has 3 heteroatoms. The average molecular weight is 459 g/mol. The SMILES string of the molecule is C=C(CC[C@@H](O)[C@H]1C[C@H](O)[C@@]2(C)C3=C(CC[C@]12C)[C@@]1(C)CC[C@H](O)C(C)(C)[C@@H]1CC3)C(C)C. The third-order valence-electron chi connectivity index (χ3n) is 11.9. The third kappa shape index (κ3) is 3.46. The van der Waals surface area contributed by atoms with E-state index in [1.807, 2.05) is 0 Å². The highest BCUT2D eigenvalue weighted by Crippen LogP contribution is 2.72. The fraction of sp³-hybridized carbons (Fsp3) is 0.867. The molecule has 0 aromatic carbocycles. The molecular formula is C30H50O3. The maximum absolute atomic E-state index is 11.6. The van der Waals surface area contributed by atoms with Crippen LogP contribution in [-0.2, 0) is 0 Å². The van der Waals surface area contributed by atoms with Gasteiger partial charge in [-0.3, -0.25) is 0 Å². The van der Waals surface area contributed by atoms with Crippen LogP contribution < -0.4 is 0 Å². The van der Waals surface area contributed by atoms with Crippen molar-refractivity contribution in [1.82, 2.24) is 0 Å². The highest BCUT2D eigenvalue weighted by Gasteiger charge is 2.66. The van der Waals surface area contributed by atoms with Crippen LogP contribution in [0.15, 0.2) is 23.3 Å². The van der Waals surface area contributed by atoms with Crippen LogP contribution in [0.4, 0.5) is 0 Å². The summed E-state index contributed by atoms with van der Waals surface area (Å²) in [6.07, 6.45) is 7.46. The van der Waals surface area contributed by atoms with Gasteiger partial charge in [-0.15, -0.1) is 0 Å². The number of rotatable bonds is 5. The molecule has 33 heavy (non-hydrogen) atoms. The van der Waals surface area contributed by atoms with Gasteiger partial charge >= 0.3 is 0 Å². The lowest BCUT2D eigenvalue weighted by Crippen LogP contribution is -2.56. The highest BCUT2D eigenvalue weighted by atomic mass is 16.3. The molecule has 3 nitrogen and oxygen atoms in total. The topological polar surface area (TPSA) is 60.7 Å². The lowest BCUT2D eigenvalue weighted by atomic mass is 9.43.